The third kappa shape index (κ3) is 4.73. The van der Waals surface area contributed by atoms with Crippen LogP contribution in [0.1, 0.15) is 52.9 Å². The second-order valence-corrected chi connectivity index (χ2v) is 6.83. The van der Waals surface area contributed by atoms with Crippen LogP contribution in [0.4, 0.5) is 0 Å². The molecule has 0 spiro atoms. The van der Waals surface area contributed by atoms with Gasteiger partial charge in [-0.05, 0) is 57.9 Å². The molecule has 1 heterocycles. The molecule has 0 atom stereocenters. The van der Waals surface area contributed by atoms with Gasteiger partial charge in [0.2, 0.25) is 0 Å². The Kier molecular flexibility index (Phi) is 5.67. The highest BCUT2D eigenvalue weighted by molar-refractivity contribution is 4.91. The maximum Gasteiger partial charge on any atom is 0.0472 e. The van der Waals surface area contributed by atoms with E-state index in [0.717, 1.165) is 19.3 Å². The fraction of sp³-hybridized carbons (Fsp3) is 1.00. The van der Waals surface area contributed by atoms with Crippen molar-refractivity contribution in [1.82, 2.24) is 10.2 Å². The highest BCUT2D eigenvalue weighted by Crippen LogP contribution is 2.33. The van der Waals surface area contributed by atoms with Crippen molar-refractivity contribution >= 4 is 0 Å². The number of ether oxygens (including phenoxy) is 1. The van der Waals surface area contributed by atoms with Crippen LogP contribution in [-0.4, -0.2) is 49.8 Å². The number of nitrogens with zero attached hydrogens (tertiary/aromatic N) is 1. The Balaban J connectivity index is 1.93. The van der Waals surface area contributed by atoms with Gasteiger partial charge in [0, 0.05) is 38.4 Å². The molecule has 3 heteroatoms. The molecule has 1 saturated carbocycles. The van der Waals surface area contributed by atoms with Crippen LogP contribution in [0.3, 0.4) is 0 Å². The molecule has 1 N–H and O–H groups in total. The Hall–Kier alpha value is -0.120. The predicted molar refractivity (Wildman–Crippen MR) is 80.5 cm³/mol. The third-order valence-electron chi connectivity index (χ3n) is 4.68. The van der Waals surface area contributed by atoms with E-state index in [0.29, 0.717) is 11.5 Å². The zero-order chi connectivity index (χ0) is 13.7. The maximum atomic E-state index is 5.60. The van der Waals surface area contributed by atoms with E-state index in [4.69, 9.17) is 4.74 Å². The van der Waals surface area contributed by atoms with Gasteiger partial charge in [0.25, 0.3) is 0 Å². The summed E-state index contributed by atoms with van der Waals surface area (Å²) < 4.78 is 5.60. The lowest BCUT2D eigenvalue weighted by atomic mass is 9.79. The maximum absolute atomic E-state index is 5.60. The molecule has 1 saturated heterocycles. The molecule has 2 aliphatic rings. The topological polar surface area (TPSA) is 24.5 Å². The standard InChI is InChI=1S/C16H32N2O/c1-4-9-18(14(2)3)13-16(7-10-19-11-8-16)12-17-15-5-6-15/h14-15,17H,4-13H2,1-3H3. The number of nitrogens with one attached hydrogen (secondary N) is 1. The first-order valence-corrected chi connectivity index (χ1v) is 8.20. The van der Waals surface area contributed by atoms with Crippen LogP contribution >= 0.6 is 0 Å². The zero-order valence-corrected chi connectivity index (χ0v) is 13.1. The zero-order valence-electron chi connectivity index (χ0n) is 13.1. The first kappa shape index (κ1) is 15.3. The fourth-order valence-corrected chi connectivity index (χ4v) is 3.08. The molecule has 0 aromatic carbocycles. The Morgan fingerprint density at radius 1 is 1.26 bits per heavy atom. The van der Waals surface area contributed by atoms with Crippen LogP contribution in [-0.2, 0) is 4.74 Å². The molecule has 112 valence electrons. The Morgan fingerprint density at radius 3 is 2.47 bits per heavy atom. The Bertz CT molecular complexity index is 257. The minimum Gasteiger partial charge on any atom is -0.381 e. The molecular formula is C16H32N2O. The van der Waals surface area contributed by atoms with Gasteiger partial charge in [-0.3, -0.25) is 0 Å². The van der Waals surface area contributed by atoms with Crippen molar-refractivity contribution in [2.45, 2.75) is 65.0 Å². The summed E-state index contributed by atoms with van der Waals surface area (Å²) in [5.74, 6) is 0. The SMILES string of the molecule is CCCN(CC1(CNC2CC2)CCOCC1)C(C)C. The second kappa shape index (κ2) is 7.05. The van der Waals surface area contributed by atoms with E-state index < -0.39 is 0 Å². The largest absolute Gasteiger partial charge is 0.381 e. The molecule has 19 heavy (non-hydrogen) atoms. The quantitative estimate of drug-likeness (QED) is 0.732. The van der Waals surface area contributed by atoms with Crippen molar-refractivity contribution in [3.05, 3.63) is 0 Å². The average Bonchev–Trinajstić information content (AvgIpc) is 3.21. The van der Waals surface area contributed by atoms with Gasteiger partial charge in [0.05, 0.1) is 0 Å². The molecule has 0 amide bonds. The van der Waals surface area contributed by atoms with E-state index in [-0.39, 0.29) is 0 Å². The summed E-state index contributed by atoms with van der Waals surface area (Å²) in [5.41, 5.74) is 0.445. The lowest BCUT2D eigenvalue weighted by Crippen LogP contribution is -2.49. The van der Waals surface area contributed by atoms with Crippen molar-refractivity contribution in [3.8, 4) is 0 Å². The van der Waals surface area contributed by atoms with Crippen LogP contribution in [0.15, 0.2) is 0 Å². The van der Waals surface area contributed by atoms with Crippen LogP contribution in [0.2, 0.25) is 0 Å². The summed E-state index contributed by atoms with van der Waals surface area (Å²) in [6.45, 7) is 12.5. The van der Waals surface area contributed by atoms with Crippen molar-refractivity contribution < 1.29 is 4.74 Å². The summed E-state index contributed by atoms with van der Waals surface area (Å²) in [6.07, 6.45) is 6.46. The van der Waals surface area contributed by atoms with E-state index in [1.807, 2.05) is 0 Å². The molecule has 0 bridgehead atoms. The minimum absolute atomic E-state index is 0.445. The molecule has 0 radical (unpaired) electrons. The van der Waals surface area contributed by atoms with Crippen molar-refractivity contribution in [2.75, 3.05) is 32.8 Å². The lowest BCUT2D eigenvalue weighted by molar-refractivity contribution is -0.00964. The Labute approximate surface area is 119 Å². The molecule has 2 fully saturated rings. The average molecular weight is 268 g/mol. The van der Waals surface area contributed by atoms with E-state index in [9.17, 15) is 0 Å². The van der Waals surface area contributed by atoms with E-state index in [1.165, 1.54) is 51.7 Å². The molecule has 0 aromatic heterocycles. The summed E-state index contributed by atoms with van der Waals surface area (Å²) in [4.78, 5) is 2.67. The normalized spacial score (nSPS) is 23.2. The smallest absolute Gasteiger partial charge is 0.0472 e. The summed E-state index contributed by atoms with van der Waals surface area (Å²) in [5, 5.41) is 3.77. The molecular weight excluding hydrogens is 236 g/mol. The molecule has 3 nitrogen and oxygen atoms in total. The lowest BCUT2D eigenvalue weighted by Gasteiger charge is -2.42. The van der Waals surface area contributed by atoms with E-state index in [1.54, 1.807) is 0 Å². The number of hydrogen-bond donors (Lipinski definition) is 1. The van der Waals surface area contributed by atoms with Crippen LogP contribution in [0.25, 0.3) is 0 Å². The Morgan fingerprint density at radius 2 is 1.95 bits per heavy atom. The molecule has 1 aliphatic carbocycles. The fourth-order valence-electron chi connectivity index (χ4n) is 3.08. The predicted octanol–water partition coefficient (Wildman–Crippen LogP) is 2.66. The molecule has 0 aromatic rings. The van der Waals surface area contributed by atoms with Gasteiger partial charge in [0.1, 0.15) is 0 Å². The van der Waals surface area contributed by atoms with Crippen LogP contribution < -0.4 is 5.32 Å². The number of rotatable bonds is 8. The molecule has 1 aliphatic heterocycles. The summed E-state index contributed by atoms with van der Waals surface area (Å²) >= 11 is 0. The van der Waals surface area contributed by atoms with Gasteiger partial charge in [-0.2, -0.15) is 0 Å². The highest BCUT2D eigenvalue weighted by atomic mass is 16.5. The molecule has 0 unspecified atom stereocenters. The third-order valence-corrected chi connectivity index (χ3v) is 4.68. The van der Waals surface area contributed by atoms with Crippen LogP contribution in [0, 0.1) is 5.41 Å². The van der Waals surface area contributed by atoms with Crippen molar-refractivity contribution in [2.24, 2.45) is 5.41 Å². The van der Waals surface area contributed by atoms with Gasteiger partial charge >= 0.3 is 0 Å². The highest BCUT2D eigenvalue weighted by Gasteiger charge is 2.36. The first-order chi connectivity index (χ1) is 9.15. The summed E-state index contributed by atoms with van der Waals surface area (Å²) in [7, 11) is 0. The molecule has 2 rings (SSSR count). The van der Waals surface area contributed by atoms with Crippen molar-refractivity contribution in [3.63, 3.8) is 0 Å². The van der Waals surface area contributed by atoms with E-state index in [2.05, 4.69) is 31.0 Å². The first-order valence-electron chi connectivity index (χ1n) is 8.20. The van der Waals surface area contributed by atoms with Gasteiger partial charge in [-0.25, -0.2) is 0 Å². The summed E-state index contributed by atoms with van der Waals surface area (Å²) in [6, 6.07) is 1.47. The van der Waals surface area contributed by atoms with Gasteiger partial charge in [-0.1, -0.05) is 6.92 Å². The number of hydrogen-bond acceptors (Lipinski definition) is 3. The monoisotopic (exact) mass is 268 g/mol. The minimum atomic E-state index is 0.445. The van der Waals surface area contributed by atoms with Gasteiger partial charge in [-0.15, -0.1) is 0 Å². The second-order valence-electron chi connectivity index (χ2n) is 6.83. The van der Waals surface area contributed by atoms with Crippen molar-refractivity contribution in [1.29, 1.82) is 0 Å². The van der Waals surface area contributed by atoms with Gasteiger partial charge in [0.15, 0.2) is 0 Å². The van der Waals surface area contributed by atoms with Gasteiger partial charge < -0.3 is 15.0 Å². The van der Waals surface area contributed by atoms with Crippen LogP contribution in [0.5, 0.6) is 0 Å². The van der Waals surface area contributed by atoms with E-state index >= 15 is 0 Å².